The van der Waals surface area contributed by atoms with Gasteiger partial charge in [-0.2, -0.15) is 0 Å². The molecule has 2 N–H and O–H groups in total. The average molecular weight is 910 g/mol. The van der Waals surface area contributed by atoms with Crippen LogP contribution in [0.4, 0.5) is 14.9 Å². The number of carbonyl (C=O) groups excluding carboxylic acids is 1. The van der Waals surface area contributed by atoms with Gasteiger partial charge >= 0.3 is 6.09 Å². The third-order valence-electron chi connectivity index (χ3n) is 12.4. The molecule has 1 fully saturated rings. The summed E-state index contributed by atoms with van der Waals surface area (Å²) in [6.07, 6.45) is 9.43. The van der Waals surface area contributed by atoms with E-state index in [0.717, 1.165) is 41.7 Å². The van der Waals surface area contributed by atoms with Crippen molar-refractivity contribution in [3.8, 4) is 23.0 Å². The van der Waals surface area contributed by atoms with Crippen LogP contribution >= 0.6 is 11.8 Å². The van der Waals surface area contributed by atoms with Crippen molar-refractivity contribution >= 4 is 29.3 Å². The van der Waals surface area contributed by atoms with Crippen LogP contribution in [0.2, 0.25) is 0 Å². The van der Waals surface area contributed by atoms with E-state index in [4.69, 9.17) is 28.9 Å². The number of carbonyl (C=O) groups is 1. The summed E-state index contributed by atoms with van der Waals surface area (Å²) >= 11 is 1.64. The predicted octanol–water partition coefficient (Wildman–Crippen LogP) is 10.6. The summed E-state index contributed by atoms with van der Waals surface area (Å²) in [6.45, 7) is 6.18. The van der Waals surface area contributed by atoms with Gasteiger partial charge in [0.1, 0.15) is 41.5 Å². The van der Waals surface area contributed by atoms with E-state index >= 15 is 0 Å². The van der Waals surface area contributed by atoms with Gasteiger partial charge in [-0.3, -0.25) is 15.0 Å². The molecular weight excluding hydrogens is 854 g/mol. The SMILES string of the molecule is C=CCOC12Oc3ccc(Oc4ccc(SC)cc4)cc3C3C(CCCCO)C(CCCCO)C=C(C(=NOCC)CC1N(Cc1ccc(F)cc1)C(=O)Oc1ccc([N+](=O)[O-])cc1)C32. The number of nitro groups is 1. The van der Waals surface area contributed by atoms with Gasteiger partial charge in [0, 0.05) is 54.7 Å². The van der Waals surface area contributed by atoms with Gasteiger partial charge in [0.25, 0.3) is 5.69 Å². The van der Waals surface area contributed by atoms with Gasteiger partial charge in [-0.25, -0.2) is 9.18 Å². The molecule has 1 amide bonds. The van der Waals surface area contributed by atoms with Gasteiger partial charge in [0.2, 0.25) is 5.79 Å². The van der Waals surface area contributed by atoms with E-state index in [1.165, 1.54) is 41.3 Å². The fourth-order valence-corrected chi connectivity index (χ4v) is 9.93. The number of nitro benzene ring substituents is 1. The van der Waals surface area contributed by atoms with E-state index in [9.17, 15) is 29.5 Å². The number of thioether (sulfide) groups is 1. The molecule has 0 spiro atoms. The van der Waals surface area contributed by atoms with Crippen molar-refractivity contribution in [2.24, 2.45) is 22.9 Å². The Hall–Kier alpha value is -5.74. The summed E-state index contributed by atoms with van der Waals surface area (Å²) < 4.78 is 41.3. The van der Waals surface area contributed by atoms with Crippen LogP contribution in [-0.4, -0.2) is 76.4 Å². The molecule has 344 valence electrons. The Morgan fingerprint density at radius 1 is 0.985 bits per heavy atom. The average Bonchev–Trinajstić information content (AvgIpc) is 3.31. The fraction of sp³-hybridized carbons (Fsp3) is 0.400. The van der Waals surface area contributed by atoms with Gasteiger partial charge in [0.15, 0.2) is 0 Å². The highest BCUT2D eigenvalue weighted by molar-refractivity contribution is 7.98. The molecule has 1 heterocycles. The molecule has 4 aromatic rings. The quantitative estimate of drug-likeness (QED) is 0.0269. The number of amides is 1. The Kier molecular flexibility index (Phi) is 16.0. The van der Waals surface area contributed by atoms with Crippen LogP contribution < -0.4 is 14.2 Å². The maximum absolute atomic E-state index is 14.9. The van der Waals surface area contributed by atoms with Crippen LogP contribution in [0.5, 0.6) is 23.0 Å². The van der Waals surface area contributed by atoms with Crippen LogP contribution in [0, 0.1) is 33.7 Å². The Morgan fingerprint density at radius 2 is 1.68 bits per heavy atom. The minimum absolute atomic E-state index is 0.00834. The topological polar surface area (TPSA) is 162 Å². The number of rotatable bonds is 21. The van der Waals surface area contributed by atoms with Gasteiger partial charge < -0.3 is 34.0 Å². The number of allylic oxidation sites excluding steroid dienone is 1. The summed E-state index contributed by atoms with van der Waals surface area (Å²) in [5, 5.41) is 36.1. The van der Waals surface area contributed by atoms with Crippen LogP contribution in [0.1, 0.15) is 68.9 Å². The minimum Gasteiger partial charge on any atom is -0.459 e. The van der Waals surface area contributed by atoms with Crippen LogP contribution in [-0.2, 0) is 16.1 Å². The molecule has 6 atom stereocenters. The standard InChI is InChI=1S/C50H56FN3O10S/c1-4-28-60-50-46(53(32-33-12-14-35(51)15-13-33)49(57)63-38-18-16-36(17-19-38)54(58)59)31-44(52-61-5-2)42-29-34(10-6-8-26-55)41(11-7-9-27-56)47(48(42)50)43-30-39(22-25-45(43)64-50)62-37-20-23-40(65-3)24-21-37/h4,12-25,29-30,34,41,46-48,55-56H,1,5-11,26-28,31-32H2,2-3H3. The molecule has 6 unspecified atom stereocenters. The number of benzene rings is 4. The molecule has 3 aliphatic rings. The minimum atomic E-state index is -1.61. The van der Waals surface area contributed by atoms with E-state index in [-0.39, 0.29) is 68.6 Å². The summed E-state index contributed by atoms with van der Waals surface area (Å²) in [5.41, 5.74) is 2.74. The lowest BCUT2D eigenvalue weighted by atomic mass is 9.55. The number of nitrogens with zero attached hydrogens (tertiary/aromatic N) is 3. The van der Waals surface area contributed by atoms with E-state index in [0.29, 0.717) is 41.4 Å². The molecule has 4 aromatic carbocycles. The molecule has 0 saturated heterocycles. The second kappa shape index (κ2) is 22.0. The zero-order chi connectivity index (χ0) is 45.9. The van der Waals surface area contributed by atoms with E-state index in [1.54, 1.807) is 30.0 Å². The third-order valence-corrected chi connectivity index (χ3v) is 13.1. The molecule has 2 aliphatic carbocycles. The molecule has 1 aliphatic heterocycles. The largest absolute Gasteiger partial charge is 0.459 e. The van der Waals surface area contributed by atoms with Crippen LogP contribution in [0.3, 0.4) is 0 Å². The van der Waals surface area contributed by atoms with Crippen molar-refractivity contribution in [2.75, 3.05) is 32.7 Å². The van der Waals surface area contributed by atoms with Gasteiger partial charge in [-0.05, 0) is 129 Å². The second-order valence-electron chi connectivity index (χ2n) is 16.3. The number of aliphatic hydroxyl groups excluding tert-OH is 2. The normalized spacial score (nSPS) is 22.4. The van der Waals surface area contributed by atoms with Crippen molar-refractivity contribution in [3.63, 3.8) is 0 Å². The number of hydrogen-bond acceptors (Lipinski definition) is 12. The van der Waals surface area contributed by atoms with Crippen LogP contribution in [0.25, 0.3) is 0 Å². The highest BCUT2D eigenvalue weighted by atomic mass is 32.2. The van der Waals surface area contributed by atoms with Crippen molar-refractivity contribution in [2.45, 2.75) is 81.1 Å². The Labute approximate surface area is 383 Å². The highest BCUT2D eigenvalue weighted by Crippen LogP contribution is 2.62. The van der Waals surface area contributed by atoms with E-state index < -0.39 is 34.6 Å². The Balaban J connectivity index is 1.44. The molecule has 15 heteroatoms. The van der Waals surface area contributed by atoms with Crippen molar-refractivity contribution in [3.05, 3.63) is 142 Å². The number of ether oxygens (including phenoxy) is 4. The molecule has 0 bridgehead atoms. The summed E-state index contributed by atoms with van der Waals surface area (Å²) in [7, 11) is 0. The maximum Gasteiger partial charge on any atom is 0.416 e. The Morgan fingerprint density at radius 3 is 2.34 bits per heavy atom. The van der Waals surface area contributed by atoms with Gasteiger partial charge in [-0.1, -0.05) is 42.3 Å². The third kappa shape index (κ3) is 10.7. The van der Waals surface area contributed by atoms with Crippen molar-refractivity contribution in [1.29, 1.82) is 0 Å². The summed E-state index contributed by atoms with van der Waals surface area (Å²) in [4.78, 5) is 34.3. The lowest BCUT2D eigenvalue weighted by molar-refractivity contribution is -0.384. The smallest absolute Gasteiger partial charge is 0.416 e. The zero-order valence-corrected chi connectivity index (χ0v) is 37.5. The van der Waals surface area contributed by atoms with Crippen LogP contribution in [0.15, 0.2) is 125 Å². The number of non-ortho nitro benzene ring substituents is 1. The molecule has 7 rings (SSSR count). The zero-order valence-electron chi connectivity index (χ0n) is 36.7. The highest BCUT2D eigenvalue weighted by Gasteiger charge is 2.65. The Bertz CT molecular complexity index is 2330. The summed E-state index contributed by atoms with van der Waals surface area (Å²) in [5.74, 6) is -1.15. The number of halogens is 1. The van der Waals surface area contributed by atoms with E-state index in [2.05, 4.69) is 12.7 Å². The fourth-order valence-electron chi connectivity index (χ4n) is 9.52. The molecule has 0 aromatic heterocycles. The lowest BCUT2D eigenvalue weighted by Crippen LogP contribution is -2.70. The number of unbranched alkanes of at least 4 members (excludes halogenated alkanes) is 2. The molecule has 1 saturated carbocycles. The first kappa shape index (κ1) is 47.2. The van der Waals surface area contributed by atoms with E-state index in [1.807, 2.05) is 55.6 Å². The first-order valence-electron chi connectivity index (χ1n) is 22.1. The monoisotopic (exact) mass is 909 g/mol. The summed E-state index contributed by atoms with van der Waals surface area (Å²) in [6, 6.07) is 23.7. The van der Waals surface area contributed by atoms with Gasteiger partial charge in [-0.15, -0.1) is 18.3 Å². The first-order valence-corrected chi connectivity index (χ1v) is 23.3. The van der Waals surface area contributed by atoms with Crippen molar-refractivity contribution in [1.82, 2.24) is 4.90 Å². The number of hydrogen-bond donors (Lipinski definition) is 2. The first-order chi connectivity index (χ1) is 31.6. The lowest BCUT2D eigenvalue weighted by Gasteiger charge is -2.59. The molecular formula is C50H56FN3O10S. The van der Waals surface area contributed by atoms with Gasteiger partial charge in [0.05, 0.1) is 23.2 Å². The number of aliphatic hydroxyl groups is 2. The molecule has 13 nitrogen and oxygen atoms in total. The second-order valence-corrected chi connectivity index (χ2v) is 17.2. The molecule has 65 heavy (non-hydrogen) atoms. The number of oxime groups is 1. The molecule has 0 radical (unpaired) electrons. The maximum atomic E-state index is 14.9. The van der Waals surface area contributed by atoms with Crippen molar-refractivity contribution < 1.29 is 48.1 Å². The predicted molar refractivity (Wildman–Crippen MR) is 246 cm³/mol. The number of fused-ring (bicyclic) bond motifs is 2.